The van der Waals surface area contributed by atoms with E-state index in [0.717, 1.165) is 0 Å². The third kappa shape index (κ3) is 2.18. The summed E-state index contributed by atoms with van der Waals surface area (Å²) in [4.78, 5) is 13.0. The quantitative estimate of drug-likeness (QED) is 0.476. The van der Waals surface area contributed by atoms with Gasteiger partial charge in [0, 0.05) is 20.1 Å². The summed E-state index contributed by atoms with van der Waals surface area (Å²) in [5.74, 6) is -0.0960. The van der Waals surface area contributed by atoms with E-state index in [1.165, 1.54) is 0 Å². The molecule has 1 heterocycles. The van der Waals surface area contributed by atoms with Crippen LogP contribution in [0.2, 0.25) is 0 Å². The smallest absolute Gasteiger partial charge is 0.236 e. The van der Waals surface area contributed by atoms with Crippen LogP contribution >= 0.6 is 0 Å². The van der Waals surface area contributed by atoms with E-state index in [-0.39, 0.29) is 11.9 Å². The zero-order valence-corrected chi connectivity index (χ0v) is 7.90. The van der Waals surface area contributed by atoms with Crippen LogP contribution in [0.4, 0.5) is 0 Å². The van der Waals surface area contributed by atoms with Crippen LogP contribution in [0.5, 0.6) is 0 Å². The molecular weight excluding hydrogens is 172 g/mol. The Morgan fingerprint density at radius 3 is 2.31 bits per heavy atom. The number of carbonyl (C=O) groups is 1. The number of rotatable bonds is 2. The third-order valence-corrected chi connectivity index (χ3v) is 2.46. The van der Waals surface area contributed by atoms with Crippen LogP contribution < -0.4 is 5.32 Å². The minimum atomic E-state index is -0.730. The molecule has 0 saturated carbocycles. The predicted octanol–water partition coefficient (Wildman–Crippen LogP) is -1.84. The number of likely N-dealkylation sites (tertiary alicyclic amines) is 1. The number of aliphatic hydroxyl groups is 2. The van der Waals surface area contributed by atoms with Crippen molar-refractivity contribution in [3.63, 3.8) is 0 Å². The monoisotopic (exact) mass is 188 g/mol. The summed E-state index contributed by atoms with van der Waals surface area (Å²) < 4.78 is 0. The first kappa shape index (κ1) is 10.4. The van der Waals surface area contributed by atoms with Crippen LogP contribution in [0.3, 0.4) is 0 Å². The Balaban J connectivity index is 2.50. The van der Waals surface area contributed by atoms with E-state index in [1.54, 1.807) is 18.9 Å². The van der Waals surface area contributed by atoms with E-state index < -0.39 is 12.2 Å². The molecule has 3 unspecified atom stereocenters. The van der Waals surface area contributed by atoms with E-state index in [4.69, 9.17) is 0 Å². The largest absolute Gasteiger partial charge is 0.389 e. The fourth-order valence-electron chi connectivity index (χ4n) is 1.49. The molecule has 0 aromatic heterocycles. The van der Waals surface area contributed by atoms with Crippen LogP contribution in [-0.4, -0.2) is 59.4 Å². The van der Waals surface area contributed by atoms with Crippen molar-refractivity contribution in [2.45, 2.75) is 25.2 Å². The molecule has 0 radical (unpaired) electrons. The summed E-state index contributed by atoms with van der Waals surface area (Å²) >= 11 is 0. The second-order valence-electron chi connectivity index (χ2n) is 3.38. The van der Waals surface area contributed by atoms with Crippen molar-refractivity contribution < 1.29 is 15.0 Å². The highest BCUT2D eigenvalue weighted by molar-refractivity contribution is 5.81. The van der Waals surface area contributed by atoms with Gasteiger partial charge in [-0.15, -0.1) is 0 Å². The summed E-state index contributed by atoms with van der Waals surface area (Å²) in [7, 11) is 1.57. The van der Waals surface area contributed by atoms with E-state index in [2.05, 4.69) is 5.32 Å². The number of β-amino-alcohol motifs (C(OH)–C–C–N with tert-alkyl or cyclic N) is 2. The average Bonchev–Trinajstić information content (AvgIpc) is 2.44. The highest BCUT2D eigenvalue weighted by atomic mass is 16.3. The Bertz CT molecular complexity index is 188. The number of amides is 1. The number of likely N-dealkylation sites (N-methyl/N-ethyl adjacent to an activating group) is 1. The number of nitrogens with zero attached hydrogens (tertiary/aromatic N) is 1. The summed E-state index contributed by atoms with van der Waals surface area (Å²) in [6.07, 6.45) is -1.46. The fourth-order valence-corrected chi connectivity index (χ4v) is 1.49. The maximum Gasteiger partial charge on any atom is 0.236 e. The number of carbonyl (C=O) groups excluding carboxylic acids is 1. The van der Waals surface area contributed by atoms with E-state index in [0.29, 0.717) is 13.1 Å². The van der Waals surface area contributed by atoms with Crippen molar-refractivity contribution in [3.8, 4) is 0 Å². The van der Waals surface area contributed by atoms with Gasteiger partial charge in [0.15, 0.2) is 0 Å². The molecule has 3 N–H and O–H groups in total. The molecule has 5 nitrogen and oxygen atoms in total. The second-order valence-corrected chi connectivity index (χ2v) is 3.38. The van der Waals surface area contributed by atoms with Gasteiger partial charge in [-0.25, -0.2) is 0 Å². The van der Waals surface area contributed by atoms with Crippen molar-refractivity contribution in [1.29, 1.82) is 0 Å². The van der Waals surface area contributed by atoms with Gasteiger partial charge in [0.05, 0.1) is 18.2 Å². The molecule has 13 heavy (non-hydrogen) atoms. The van der Waals surface area contributed by atoms with Crippen molar-refractivity contribution in [3.05, 3.63) is 0 Å². The van der Waals surface area contributed by atoms with Crippen LogP contribution in [0, 0.1) is 0 Å². The topological polar surface area (TPSA) is 72.8 Å². The van der Waals surface area contributed by atoms with Crippen molar-refractivity contribution in [1.82, 2.24) is 10.2 Å². The fraction of sp³-hybridized carbons (Fsp3) is 0.875. The van der Waals surface area contributed by atoms with Crippen LogP contribution in [0.25, 0.3) is 0 Å². The van der Waals surface area contributed by atoms with Gasteiger partial charge in [-0.2, -0.15) is 0 Å². The molecular formula is C8H16N2O3. The molecule has 1 saturated heterocycles. The summed E-state index contributed by atoms with van der Waals surface area (Å²) in [5.41, 5.74) is 0. The van der Waals surface area contributed by atoms with Gasteiger partial charge in [-0.05, 0) is 6.92 Å². The molecule has 1 amide bonds. The number of hydrogen-bond acceptors (Lipinski definition) is 4. The Morgan fingerprint density at radius 2 is 1.92 bits per heavy atom. The van der Waals surface area contributed by atoms with Crippen LogP contribution in [-0.2, 0) is 4.79 Å². The van der Waals surface area contributed by atoms with Gasteiger partial charge in [0.1, 0.15) is 0 Å². The second kappa shape index (κ2) is 4.04. The minimum Gasteiger partial charge on any atom is -0.389 e. The van der Waals surface area contributed by atoms with E-state index in [1.807, 2.05) is 0 Å². The SMILES string of the molecule is CNC(=O)C(C)N1CC(O)C(O)C1. The number of aliphatic hydroxyl groups excluding tert-OH is 2. The predicted molar refractivity (Wildman–Crippen MR) is 47.1 cm³/mol. The molecule has 3 atom stereocenters. The van der Waals surface area contributed by atoms with Crippen molar-refractivity contribution in [2.75, 3.05) is 20.1 Å². The lowest BCUT2D eigenvalue weighted by Gasteiger charge is -2.21. The highest BCUT2D eigenvalue weighted by Gasteiger charge is 2.34. The molecule has 0 bridgehead atoms. The molecule has 1 aliphatic heterocycles. The van der Waals surface area contributed by atoms with Crippen molar-refractivity contribution >= 4 is 5.91 Å². The Labute approximate surface area is 77.3 Å². The number of nitrogens with one attached hydrogen (secondary N) is 1. The zero-order valence-electron chi connectivity index (χ0n) is 7.90. The number of hydrogen-bond donors (Lipinski definition) is 3. The van der Waals surface area contributed by atoms with Gasteiger partial charge in [-0.3, -0.25) is 9.69 Å². The Hall–Kier alpha value is -0.650. The summed E-state index contributed by atoms with van der Waals surface area (Å²) in [5, 5.41) is 21.0. The maximum atomic E-state index is 11.2. The normalized spacial score (nSPS) is 31.7. The zero-order chi connectivity index (χ0) is 10.0. The highest BCUT2D eigenvalue weighted by Crippen LogP contribution is 2.13. The lowest BCUT2D eigenvalue weighted by molar-refractivity contribution is -0.125. The van der Waals surface area contributed by atoms with Gasteiger partial charge < -0.3 is 15.5 Å². The third-order valence-electron chi connectivity index (χ3n) is 2.46. The first-order valence-corrected chi connectivity index (χ1v) is 4.38. The standard InChI is InChI=1S/C8H16N2O3/c1-5(8(13)9-2)10-3-6(11)7(12)4-10/h5-7,11-12H,3-4H2,1-2H3,(H,9,13). The maximum absolute atomic E-state index is 11.2. The molecule has 0 aromatic carbocycles. The van der Waals surface area contributed by atoms with Crippen LogP contribution in [0.1, 0.15) is 6.92 Å². The van der Waals surface area contributed by atoms with Gasteiger partial charge in [0.25, 0.3) is 0 Å². The summed E-state index contributed by atoms with van der Waals surface area (Å²) in [6, 6.07) is -0.295. The molecule has 1 aliphatic rings. The molecule has 5 heteroatoms. The molecule has 0 spiro atoms. The Kier molecular flexibility index (Phi) is 3.24. The molecule has 76 valence electrons. The summed E-state index contributed by atoms with van der Waals surface area (Å²) in [6.45, 7) is 2.47. The lowest BCUT2D eigenvalue weighted by Crippen LogP contribution is -2.43. The molecule has 0 aromatic rings. The Morgan fingerprint density at radius 1 is 1.46 bits per heavy atom. The van der Waals surface area contributed by atoms with Gasteiger partial charge in [0.2, 0.25) is 5.91 Å². The van der Waals surface area contributed by atoms with Gasteiger partial charge >= 0.3 is 0 Å². The molecule has 0 aliphatic carbocycles. The molecule has 1 rings (SSSR count). The minimum absolute atomic E-state index is 0.0960. The van der Waals surface area contributed by atoms with E-state index >= 15 is 0 Å². The van der Waals surface area contributed by atoms with Crippen molar-refractivity contribution in [2.24, 2.45) is 0 Å². The first-order chi connectivity index (χ1) is 6.06. The van der Waals surface area contributed by atoms with Gasteiger partial charge in [-0.1, -0.05) is 0 Å². The van der Waals surface area contributed by atoms with E-state index in [9.17, 15) is 15.0 Å². The molecule has 1 fully saturated rings. The first-order valence-electron chi connectivity index (χ1n) is 4.38. The lowest BCUT2D eigenvalue weighted by atomic mass is 10.3. The average molecular weight is 188 g/mol. The van der Waals surface area contributed by atoms with Crippen LogP contribution in [0.15, 0.2) is 0 Å².